The second-order valence-corrected chi connectivity index (χ2v) is 4.16. The van der Waals surface area contributed by atoms with Gasteiger partial charge in [0, 0.05) is 10.9 Å². The Hall–Kier alpha value is -1.43. The number of benzene rings is 1. The highest BCUT2D eigenvalue weighted by atomic mass is 79.9. The number of esters is 1. The highest BCUT2D eigenvalue weighted by Crippen LogP contribution is 2.19. The summed E-state index contributed by atoms with van der Waals surface area (Å²) in [5.74, 6) is -1.45. The van der Waals surface area contributed by atoms with Crippen molar-refractivity contribution in [1.82, 2.24) is 0 Å². The highest BCUT2D eigenvalue weighted by Gasteiger charge is 2.09. The van der Waals surface area contributed by atoms with Crippen LogP contribution in [0.3, 0.4) is 0 Å². The van der Waals surface area contributed by atoms with Crippen molar-refractivity contribution in [3.05, 3.63) is 28.5 Å². The molecule has 0 aliphatic rings. The number of carbonyl (C=O) groups is 2. The predicted octanol–water partition coefficient (Wildman–Crippen LogP) is 2.48. The second kappa shape index (κ2) is 6.34. The smallest absolute Gasteiger partial charge is 0.306 e. The van der Waals surface area contributed by atoms with E-state index in [1.807, 2.05) is 0 Å². The molecule has 0 atom stereocenters. The van der Waals surface area contributed by atoms with E-state index in [-0.39, 0.29) is 18.5 Å². The van der Waals surface area contributed by atoms with Gasteiger partial charge in [0.1, 0.15) is 5.82 Å². The van der Waals surface area contributed by atoms with Crippen LogP contribution in [0.15, 0.2) is 22.7 Å². The van der Waals surface area contributed by atoms with Crippen LogP contribution in [0.4, 0.5) is 10.1 Å². The van der Waals surface area contributed by atoms with Crippen molar-refractivity contribution in [3.8, 4) is 0 Å². The predicted molar refractivity (Wildman–Crippen MR) is 64.0 cm³/mol. The van der Waals surface area contributed by atoms with E-state index in [4.69, 9.17) is 0 Å². The van der Waals surface area contributed by atoms with Gasteiger partial charge in [-0.25, -0.2) is 4.39 Å². The van der Waals surface area contributed by atoms with Crippen LogP contribution in [-0.4, -0.2) is 19.0 Å². The van der Waals surface area contributed by atoms with Gasteiger partial charge in [-0.15, -0.1) is 0 Å². The summed E-state index contributed by atoms with van der Waals surface area (Å²) in [7, 11) is 1.24. The van der Waals surface area contributed by atoms with E-state index in [1.165, 1.54) is 19.2 Å². The highest BCUT2D eigenvalue weighted by molar-refractivity contribution is 9.10. The van der Waals surface area contributed by atoms with Crippen molar-refractivity contribution in [2.45, 2.75) is 12.8 Å². The van der Waals surface area contributed by atoms with E-state index in [0.29, 0.717) is 4.47 Å². The van der Waals surface area contributed by atoms with Crippen LogP contribution < -0.4 is 5.32 Å². The Morgan fingerprint density at radius 3 is 2.71 bits per heavy atom. The van der Waals surface area contributed by atoms with E-state index in [1.54, 1.807) is 6.07 Å². The van der Waals surface area contributed by atoms with Gasteiger partial charge in [0.25, 0.3) is 0 Å². The Bertz CT molecular complexity index is 437. The summed E-state index contributed by atoms with van der Waals surface area (Å²) in [6, 6.07) is 4.30. The van der Waals surface area contributed by atoms with Gasteiger partial charge in [0.2, 0.25) is 5.91 Å². The van der Waals surface area contributed by atoms with Crippen LogP contribution in [0, 0.1) is 5.82 Å². The third-order valence-electron chi connectivity index (χ3n) is 1.99. The first kappa shape index (κ1) is 13.6. The lowest BCUT2D eigenvalue weighted by Crippen LogP contribution is -2.14. The number of ether oxygens (including phenoxy) is 1. The van der Waals surface area contributed by atoms with Gasteiger partial charge in [0.15, 0.2) is 0 Å². The second-order valence-electron chi connectivity index (χ2n) is 3.25. The van der Waals surface area contributed by atoms with Crippen LogP contribution in [0.2, 0.25) is 0 Å². The van der Waals surface area contributed by atoms with Gasteiger partial charge in [-0.05, 0) is 18.2 Å². The topological polar surface area (TPSA) is 55.4 Å². The first-order chi connectivity index (χ1) is 8.02. The molecule has 6 heteroatoms. The lowest BCUT2D eigenvalue weighted by molar-refractivity contribution is -0.141. The maximum atomic E-state index is 13.3. The number of anilines is 1. The zero-order valence-electron chi connectivity index (χ0n) is 9.13. The lowest BCUT2D eigenvalue weighted by atomic mass is 10.2. The zero-order chi connectivity index (χ0) is 12.8. The number of nitrogens with one attached hydrogen (secondary N) is 1. The molecule has 0 heterocycles. The van der Waals surface area contributed by atoms with Gasteiger partial charge < -0.3 is 10.1 Å². The summed E-state index contributed by atoms with van der Waals surface area (Å²) < 4.78 is 18.3. The van der Waals surface area contributed by atoms with E-state index in [0.717, 1.165) is 0 Å². The number of halogens is 2. The molecule has 1 aromatic rings. The standard InChI is InChI=1S/C11H11BrFNO3/c1-17-11(16)5-4-10(15)14-9-3-2-7(12)6-8(9)13/h2-3,6H,4-5H2,1H3,(H,14,15). The van der Waals surface area contributed by atoms with Crippen LogP contribution in [0.1, 0.15) is 12.8 Å². The Labute approximate surface area is 106 Å². The molecular formula is C11H11BrFNO3. The average molecular weight is 304 g/mol. The van der Waals surface area contributed by atoms with Crippen LogP contribution >= 0.6 is 15.9 Å². The van der Waals surface area contributed by atoms with Crippen molar-refractivity contribution >= 4 is 33.5 Å². The molecule has 0 unspecified atom stereocenters. The van der Waals surface area contributed by atoms with Crippen molar-refractivity contribution in [1.29, 1.82) is 0 Å². The average Bonchev–Trinajstić information content (AvgIpc) is 2.29. The summed E-state index contributed by atoms with van der Waals surface area (Å²) in [6.45, 7) is 0. The Balaban J connectivity index is 2.53. The molecule has 1 N–H and O–H groups in total. The molecule has 0 radical (unpaired) electrons. The van der Waals surface area contributed by atoms with Crippen LogP contribution in [0.5, 0.6) is 0 Å². The number of methoxy groups -OCH3 is 1. The molecular weight excluding hydrogens is 293 g/mol. The summed E-state index contributed by atoms with van der Waals surface area (Å²) >= 11 is 3.11. The SMILES string of the molecule is COC(=O)CCC(=O)Nc1ccc(Br)cc1F. The first-order valence-corrected chi connectivity index (χ1v) is 5.64. The normalized spacial score (nSPS) is 9.82. The maximum Gasteiger partial charge on any atom is 0.306 e. The van der Waals surface area contributed by atoms with Crippen molar-refractivity contribution in [2.24, 2.45) is 0 Å². The number of rotatable bonds is 4. The van der Waals surface area contributed by atoms with E-state index >= 15 is 0 Å². The number of amides is 1. The third-order valence-corrected chi connectivity index (χ3v) is 2.48. The molecule has 0 saturated carbocycles. The maximum absolute atomic E-state index is 13.3. The molecule has 0 aliphatic carbocycles. The molecule has 1 amide bonds. The Morgan fingerprint density at radius 1 is 1.41 bits per heavy atom. The molecule has 17 heavy (non-hydrogen) atoms. The monoisotopic (exact) mass is 303 g/mol. The molecule has 0 bridgehead atoms. The van der Waals surface area contributed by atoms with Gasteiger partial charge in [-0.2, -0.15) is 0 Å². The molecule has 4 nitrogen and oxygen atoms in total. The zero-order valence-corrected chi connectivity index (χ0v) is 10.7. The molecule has 0 saturated heterocycles. The van der Waals surface area contributed by atoms with Crippen LogP contribution in [-0.2, 0) is 14.3 Å². The number of hydrogen-bond donors (Lipinski definition) is 1. The molecule has 0 aliphatic heterocycles. The van der Waals surface area contributed by atoms with Crippen LogP contribution in [0.25, 0.3) is 0 Å². The summed E-state index contributed by atoms with van der Waals surface area (Å²) in [6.07, 6.45) is -0.0668. The summed E-state index contributed by atoms with van der Waals surface area (Å²) in [5.41, 5.74) is 0.0862. The van der Waals surface area contributed by atoms with E-state index < -0.39 is 17.7 Å². The fourth-order valence-electron chi connectivity index (χ4n) is 1.12. The minimum atomic E-state index is -0.536. The minimum absolute atomic E-state index is 0.0273. The Kier molecular flexibility index (Phi) is 5.09. The fraction of sp³-hybridized carbons (Fsp3) is 0.273. The minimum Gasteiger partial charge on any atom is -0.469 e. The number of hydrogen-bond acceptors (Lipinski definition) is 3. The van der Waals surface area contributed by atoms with E-state index in [2.05, 4.69) is 26.0 Å². The fourth-order valence-corrected chi connectivity index (χ4v) is 1.45. The first-order valence-electron chi connectivity index (χ1n) is 4.84. The van der Waals surface area contributed by atoms with Crippen molar-refractivity contribution in [2.75, 3.05) is 12.4 Å². The summed E-state index contributed by atoms with van der Waals surface area (Å²) in [5, 5.41) is 2.37. The largest absolute Gasteiger partial charge is 0.469 e. The molecule has 92 valence electrons. The van der Waals surface area contributed by atoms with Gasteiger partial charge >= 0.3 is 5.97 Å². The molecule has 0 spiro atoms. The van der Waals surface area contributed by atoms with Gasteiger partial charge in [-0.1, -0.05) is 15.9 Å². The van der Waals surface area contributed by atoms with Crippen molar-refractivity contribution in [3.63, 3.8) is 0 Å². The van der Waals surface area contributed by atoms with Gasteiger partial charge in [0.05, 0.1) is 19.2 Å². The molecule has 1 aromatic carbocycles. The molecule has 1 rings (SSSR count). The quantitative estimate of drug-likeness (QED) is 0.870. The Morgan fingerprint density at radius 2 is 2.12 bits per heavy atom. The van der Waals surface area contributed by atoms with Gasteiger partial charge in [-0.3, -0.25) is 9.59 Å². The molecule has 0 aromatic heterocycles. The van der Waals surface area contributed by atoms with E-state index in [9.17, 15) is 14.0 Å². The van der Waals surface area contributed by atoms with Crippen molar-refractivity contribution < 1.29 is 18.7 Å². The lowest BCUT2D eigenvalue weighted by Gasteiger charge is -2.06. The molecule has 0 fully saturated rings. The summed E-state index contributed by atoms with van der Waals surface area (Å²) in [4.78, 5) is 22.2. The number of carbonyl (C=O) groups excluding carboxylic acids is 2. The third kappa shape index (κ3) is 4.52.